The van der Waals surface area contributed by atoms with Gasteiger partial charge in [-0.05, 0) is 37.6 Å². The fourth-order valence-electron chi connectivity index (χ4n) is 1.47. The fraction of sp³-hybridized carbons (Fsp3) is 0.462. The number of carbonyl (C=O) groups excluding carboxylic acids is 1. The third-order valence-corrected chi connectivity index (χ3v) is 2.28. The largest absolute Gasteiger partial charge is 0.494 e. The summed E-state index contributed by atoms with van der Waals surface area (Å²) in [4.78, 5) is 11.5. The topological polar surface area (TPSA) is 73.6 Å². The number of anilines is 1. The van der Waals surface area contributed by atoms with Crippen molar-refractivity contribution in [1.82, 2.24) is 0 Å². The first kappa shape index (κ1) is 14.5. The smallest absolute Gasteiger partial charge is 0.250 e. The highest BCUT2D eigenvalue weighted by molar-refractivity contribution is 5.92. The molecule has 5 nitrogen and oxygen atoms in total. The van der Waals surface area contributed by atoms with Gasteiger partial charge in [0.05, 0.1) is 13.2 Å². The van der Waals surface area contributed by atoms with Crippen LogP contribution in [0, 0.1) is 6.92 Å². The highest BCUT2D eigenvalue weighted by Gasteiger charge is 2.05. The maximum Gasteiger partial charge on any atom is 0.250 e. The summed E-state index contributed by atoms with van der Waals surface area (Å²) in [6.07, 6.45) is 0. The van der Waals surface area contributed by atoms with Crippen LogP contribution in [-0.2, 0) is 9.53 Å². The third-order valence-electron chi connectivity index (χ3n) is 2.28. The molecule has 0 atom stereocenters. The van der Waals surface area contributed by atoms with E-state index in [4.69, 9.17) is 15.2 Å². The molecule has 0 aliphatic carbocycles. The van der Waals surface area contributed by atoms with E-state index < -0.39 is 0 Å². The number of hydrogen-bond acceptors (Lipinski definition) is 4. The molecule has 18 heavy (non-hydrogen) atoms. The Hall–Kier alpha value is -1.59. The molecule has 3 N–H and O–H groups in total. The molecule has 100 valence electrons. The van der Waals surface area contributed by atoms with E-state index in [0.717, 1.165) is 17.0 Å². The first-order chi connectivity index (χ1) is 8.67. The Kier molecular flexibility index (Phi) is 6.18. The Morgan fingerprint density at radius 1 is 1.44 bits per heavy atom. The summed E-state index contributed by atoms with van der Waals surface area (Å²) < 4.78 is 10.4. The Morgan fingerprint density at radius 3 is 2.83 bits per heavy atom. The zero-order chi connectivity index (χ0) is 13.4. The van der Waals surface area contributed by atoms with Crippen molar-refractivity contribution in [3.8, 4) is 5.75 Å². The highest BCUT2D eigenvalue weighted by atomic mass is 16.5. The van der Waals surface area contributed by atoms with Gasteiger partial charge in [0.25, 0.3) is 0 Å². The second-order valence-corrected chi connectivity index (χ2v) is 3.80. The van der Waals surface area contributed by atoms with Crippen molar-refractivity contribution in [2.75, 3.05) is 31.7 Å². The van der Waals surface area contributed by atoms with E-state index in [9.17, 15) is 4.79 Å². The van der Waals surface area contributed by atoms with Crippen molar-refractivity contribution in [1.29, 1.82) is 0 Å². The van der Waals surface area contributed by atoms with E-state index in [1.807, 2.05) is 32.0 Å². The molecule has 0 aromatic heterocycles. The van der Waals surface area contributed by atoms with Gasteiger partial charge in [-0.25, -0.2) is 0 Å². The fourth-order valence-corrected chi connectivity index (χ4v) is 1.47. The van der Waals surface area contributed by atoms with Crippen LogP contribution in [0.1, 0.15) is 12.5 Å². The lowest BCUT2D eigenvalue weighted by Gasteiger charge is -2.10. The van der Waals surface area contributed by atoms with Gasteiger partial charge in [0.1, 0.15) is 12.4 Å². The van der Waals surface area contributed by atoms with Crippen LogP contribution >= 0.6 is 0 Å². The molecule has 0 bridgehead atoms. The van der Waals surface area contributed by atoms with Crippen LogP contribution in [0.2, 0.25) is 0 Å². The molecule has 0 spiro atoms. The first-order valence-electron chi connectivity index (χ1n) is 5.98. The Labute approximate surface area is 107 Å². The number of aryl methyl sites for hydroxylation is 1. The van der Waals surface area contributed by atoms with E-state index in [1.165, 1.54) is 0 Å². The second kappa shape index (κ2) is 7.68. The SMILES string of the molecule is CCOc1ccc(NC(=O)COCCN)c(C)c1. The number of carbonyl (C=O) groups is 1. The molecule has 0 saturated heterocycles. The lowest BCUT2D eigenvalue weighted by atomic mass is 10.2. The highest BCUT2D eigenvalue weighted by Crippen LogP contribution is 2.21. The molecule has 0 fully saturated rings. The number of benzene rings is 1. The Bertz CT molecular complexity index is 394. The maximum absolute atomic E-state index is 11.5. The number of hydrogen-bond donors (Lipinski definition) is 2. The number of ether oxygens (including phenoxy) is 2. The zero-order valence-corrected chi connectivity index (χ0v) is 10.9. The molecular formula is C13H20N2O3. The van der Waals surface area contributed by atoms with Gasteiger partial charge >= 0.3 is 0 Å². The number of rotatable bonds is 7. The van der Waals surface area contributed by atoms with Crippen LogP contribution in [-0.4, -0.2) is 32.3 Å². The van der Waals surface area contributed by atoms with Crippen LogP contribution in [0.5, 0.6) is 5.75 Å². The molecule has 1 rings (SSSR count). The van der Waals surface area contributed by atoms with Gasteiger partial charge in [-0.3, -0.25) is 4.79 Å². The minimum atomic E-state index is -0.185. The Morgan fingerprint density at radius 2 is 2.22 bits per heavy atom. The average Bonchev–Trinajstić information content (AvgIpc) is 2.33. The molecule has 0 heterocycles. The van der Waals surface area contributed by atoms with E-state index in [0.29, 0.717) is 19.8 Å². The quantitative estimate of drug-likeness (QED) is 0.717. The van der Waals surface area contributed by atoms with Crippen molar-refractivity contribution in [2.45, 2.75) is 13.8 Å². The summed E-state index contributed by atoms with van der Waals surface area (Å²) in [6, 6.07) is 5.54. The van der Waals surface area contributed by atoms with Gasteiger partial charge in [0.15, 0.2) is 0 Å². The van der Waals surface area contributed by atoms with Crippen LogP contribution in [0.3, 0.4) is 0 Å². The van der Waals surface area contributed by atoms with Crippen LogP contribution in [0.4, 0.5) is 5.69 Å². The summed E-state index contributed by atoms with van der Waals surface area (Å²) in [6.45, 7) is 5.28. The number of nitrogens with two attached hydrogens (primary N) is 1. The first-order valence-corrected chi connectivity index (χ1v) is 5.98. The molecule has 1 amide bonds. The monoisotopic (exact) mass is 252 g/mol. The van der Waals surface area contributed by atoms with E-state index >= 15 is 0 Å². The van der Waals surface area contributed by atoms with Crippen molar-refractivity contribution in [3.63, 3.8) is 0 Å². The van der Waals surface area contributed by atoms with Gasteiger partial charge in [-0.1, -0.05) is 0 Å². The molecular weight excluding hydrogens is 232 g/mol. The predicted molar refractivity (Wildman–Crippen MR) is 70.9 cm³/mol. The van der Waals surface area contributed by atoms with Crippen molar-refractivity contribution in [2.24, 2.45) is 5.73 Å². The van der Waals surface area contributed by atoms with Gasteiger partial charge < -0.3 is 20.5 Å². The van der Waals surface area contributed by atoms with Crippen LogP contribution < -0.4 is 15.8 Å². The number of amides is 1. The van der Waals surface area contributed by atoms with Gasteiger partial charge in [-0.2, -0.15) is 0 Å². The van der Waals surface area contributed by atoms with Gasteiger partial charge in [0, 0.05) is 12.2 Å². The molecule has 1 aromatic rings. The standard InChI is InChI=1S/C13H20N2O3/c1-3-18-11-4-5-12(10(2)8-11)15-13(16)9-17-7-6-14/h4-5,8H,3,6-7,9,14H2,1-2H3,(H,15,16). The predicted octanol–water partition coefficient (Wildman–Crippen LogP) is 1.31. The average molecular weight is 252 g/mol. The van der Waals surface area contributed by atoms with Crippen molar-refractivity contribution in [3.05, 3.63) is 23.8 Å². The van der Waals surface area contributed by atoms with E-state index in [2.05, 4.69) is 5.32 Å². The maximum atomic E-state index is 11.5. The minimum absolute atomic E-state index is 0.0177. The van der Waals surface area contributed by atoms with Crippen LogP contribution in [0.25, 0.3) is 0 Å². The second-order valence-electron chi connectivity index (χ2n) is 3.80. The third kappa shape index (κ3) is 4.73. The van der Waals surface area contributed by atoms with Crippen molar-refractivity contribution >= 4 is 11.6 Å². The molecule has 0 saturated carbocycles. The zero-order valence-electron chi connectivity index (χ0n) is 10.9. The van der Waals surface area contributed by atoms with Crippen LogP contribution in [0.15, 0.2) is 18.2 Å². The van der Waals surface area contributed by atoms with Crippen molar-refractivity contribution < 1.29 is 14.3 Å². The molecule has 0 aliphatic heterocycles. The van der Waals surface area contributed by atoms with Gasteiger partial charge in [0.2, 0.25) is 5.91 Å². The summed E-state index contributed by atoms with van der Waals surface area (Å²) in [5.41, 5.74) is 6.98. The van der Waals surface area contributed by atoms with E-state index in [-0.39, 0.29) is 12.5 Å². The molecule has 0 radical (unpaired) electrons. The lowest BCUT2D eigenvalue weighted by Crippen LogP contribution is -2.21. The molecule has 0 aliphatic rings. The minimum Gasteiger partial charge on any atom is -0.494 e. The molecule has 0 unspecified atom stereocenters. The summed E-state index contributed by atoms with van der Waals surface area (Å²) >= 11 is 0. The Balaban J connectivity index is 2.53. The summed E-state index contributed by atoms with van der Waals surface area (Å²) in [5.74, 6) is 0.614. The molecule has 5 heteroatoms. The summed E-state index contributed by atoms with van der Waals surface area (Å²) in [7, 11) is 0. The van der Waals surface area contributed by atoms with Gasteiger partial charge in [-0.15, -0.1) is 0 Å². The summed E-state index contributed by atoms with van der Waals surface area (Å²) in [5, 5.41) is 2.78. The molecule has 1 aromatic carbocycles. The number of nitrogens with one attached hydrogen (secondary N) is 1. The lowest BCUT2D eigenvalue weighted by molar-refractivity contribution is -0.120. The normalized spacial score (nSPS) is 10.2. The van der Waals surface area contributed by atoms with E-state index in [1.54, 1.807) is 0 Å².